The number of rotatable bonds is 4. The number of fused-ring (bicyclic) bond motifs is 1. The van der Waals surface area contributed by atoms with Crippen LogP contribution < -0.4 is 0 Å². The van der Waals surface area contributed by atoms with Gasteiger partial charge in [0.1, 0.15) is 0 Å². The second-order valence-electron chi connectivity index (χ2n) is 7.67. The third-order valence-electron chi connectivity index (χ3n) is 5.82. The van der Waals surface area contributed by atoms with Crippen LogP contribution in [0.5, 0.6) is 0 Å². The lowest BCUT2D eigenvalue weighted by molar-refractivity contribution is -0.137. The summed E-state index contributed by atoms with van der Waals surface area (Å²) < 4.78 is 1.77. The van der Waals surface area contributed by atoms with Crippen LogP contribution in [-0.4, -0.2) is 38.3 Å². The summed E-state index contributed by atoms with van der Waals surface area (Å²) in [6, 6.07) is 10.8. The Hall–Kier alpha value is -1.86. The molecule has 0 aliphatic carbocycles. The van der Waals surface area contributed by atoms with Gasteiger partial charge < -0.3 is 10.0 Å². The van der Waals surface area contributed by atoms with Gasteiger partial charge in [0.15, 0.2) is 0 Å². The molecule has 2 atom stereocenters. The molecule has 0 spiro atoms. The molecule has 1 aliphatic rings. The number of halogens is 3. The average Bonchev–Trinajstić information content (AvgIpc) is 3.16. The first-order valence-corrected chi connectivity index (χ1v) is 10.6. The van der Waals surface area contributed by atoms with E-state index < -0.39 is 0 Å². The third-order valence-corrected chi connectivity index (χ3v) is 6.53. The second-order valence-corrected chi connectivity index (χ2v) is 8.48. The maximum atomic E-state index is 13.3. The van der Waals surface area contributed by atoms with Crippen molar-refractivity contribution in [2.24, 2.45) is 7.05 Å². The minimum absolute atomic E-state index is 0. The maximum absolute atomic E-state index is 13.3. The van der Waals surface area contributed by atoms with Gasteiger partial charge in [0.05, 0.1) is 31.3 Å². The number of benzene rings is 2. The molecule has 164 valence electrons. The highest BCUT2D eigenvalue weighted by atomic mass is 79.9. The van der Waals surface area contributed by atoms with Gasteiger partial charge in [-0.1, -0.05) is 47.5 Å². The summed E-state index contributed by atoms with van der Waals surface area (Å²) in [5.74, 6) is -0.103. The Morgan fingerprint density at radius 3 is 2.48 bits per heavy atom. The highest BCUT2D eigenvalue weighted by Gasteiger charge is 2.36. The quantitative estimate of drug-likeness (QED) is 0.521. The number of aliphatic hydroxyl groups excluding tert-OH is 1. The van der Waals surface area contributed by atoms with E-state index in [0.717, 1.165) is 22.3 Å². The van der Waals surface area contributed by atoms with Crippen molar-refractivity contribution >= 4 is 46.1 Å². The first-order chi connectivity index (χ1) is 14.4. The minimum atomic E-state index is -0.320. The number of hydrogen-bond acceptors (Lipinski definition) is 3. The van der Waals surface area contributed by atoms with Crippen LogP contribution in [0.15, 0.2) is 48.8 Å². The van der Waals surface area contributed by atoms with E-state index in [1.807, 2.05) is 32.4 Å². The van der Waals surface area contributed by atoms with E-state index >= 15 is 0 Å². The number of aryl methyl sites for hydroxylation is 1. The van der Waals surface area contributed by atoms with Gasteiger partial charge in [0.2, 0.25) is 5.91 Å². The molecular weight excluding hydrogens is 501 g/mol. The lowest BCUT2D eigenvalue weighted by Gasteiger charge is -2.42. The van der Waals surface area contributed by atoms with E-state index in [1.165, 1.54) is 0 Å². The number of aromatic nitrogens is 2. The van der Waals surface area contributed by atoms with Crippen molar-refractivity contribution in [2.75, 3.05) is 6.61 Å². The van der Waals surface area contributed by atoms with Crippen molar-refractivity contribution in [3.8, 4) is 11.1 Å². The summed E-state index contributed by atoms with van der Waals surface area (Å²) in [5, 5.41) is 15.4. The Balaban J connectivity index is 0.00000272. The zero-order valence-corrected chi connectivity index (χ0v) is 20.5. The summed E-state index contributed by atoms with van der Waals surface area (Å²) in [6.07, 6.45) is 4.48. The number of hydrogen-bond donors (Lipinski definition) is 1. The second kappa shape index (κ2) is 9.74. The van der Waals surface area contributed by atoms with Crippen molar-refractivity contribution in [3.63, 3.8) is 0 Å². The van der Waals surface area contributed by atoms with E-state index in [1.54, 1.807) is 27.8 Å². The SMILES string of the molecule is Br.C[C@H]1c2cccc(-c3cnn(C)c3)c2C[C@H](CO)N1C(=O)Cc1c(Cl)cccc1Cl. The number of aliphatic hydroxyl groups is 1. The lowest BCUT2D eigenvalue weighted by Crippen LogP contribution is -2.49. The van der Waals surface area contributed by atoms with Gasteiger partial charge in [-0.15, -0.1) is 17.0 Å². The fourth-order valence-electron chi connectivity index (χ4n) is 4.37. The summed E-state index contributed by atoms with van der Waals surface area (Å²) in [7, 11) is 1.89. The van der Waals surface area contributed by atoms with Gasteiger partial charge in [-0.2, -0.15) is 5.10 Å². The lowest BCUT2D eigenvalue weighted by atomic mass is 9.84. The number of carbonyl (C=O) groups excluding carboxylic acids is 1. The highest BCUT2D eigenvalue weighted by molar-refractivity contribution is 8.93. The van der Waals surface area contributed by atoms with Gasteiger partial charge in [-0.05, 0) is 47.7 Å². The van der Waals surface area contributed by atoms with E-state index in [9.17, 15) is 9.90 Å². The van der Waals surface area contributed by atoms with Crippen LogP contribution in [0.1, 0.15) is 29.7 Å². The van der Waals surface area contributed by atoms with Crippen LogP contribution in [0.25, 0.3) is 11.1 Å². The molecule has 1 amide bonds. The van der Waals surface area contributed by atoms with Gasteiger partial charge in [0.25, 0.3) is 0 Å². The molecule has 1 aliphatic heterocycles. The van der Waals surface area contributed by atoms with Gasteiger partial charge in [0, 0.05) is 28.9 Å². The molecule has 2 heterocycles. The van der Waals surface area contributed by atoms with Crippen molar-refractivity contribution < 1.29 is 9.90 Å². The van der Waals surface area contributed by atoms with E-state index in [4.69, 9.17) is 23.2 Å². The largest absolute Gasteiger partial charge is 0.394 e. The Labute approximate surface area is 202 Å². The first kappa shape index (κ1) is 23.8. The normalized spacial score (nSPS) is 17.8. The molecule has 1 N–H and O–H groups in total. The molecule has 0 fully saturated rings. The minimum Gasteiger partial charge on any atom is -0.394 e. The van der Waals surface area contributed by atoms with E-state index in [0.29, 0.717) is 22.0 Å². The van der Waals surface area contributed by atoms with Gasteiger partial charge in [-0.3, -0.25) is 9.48 Å². The summed E-state index contributed by atoms with van der Waals surface area (Å²) in [4.78, 5) is 15.1. The fourth-order valence-corrected chi connectivity index (χ4v) is 4.90. The number of carbonyl (C=O) groups is 1. The third kappa shape index (κ3) is 4.53. The molecule has 0 bridgehead atoms. The van der Waals surface area contributed by atoms with Crippen LogP contribution in [0.4, 0.5) is 0 Å². The van der Waals surface area contributed by atoms with E-state index in [2.05, 4.69) is 17.2 Å². The van der Waals surface area contributed by atoms with Crippen LogP contribution in [0.2, 0.25) is 10.0 Å². The van der Waals surface area contributed by atoms with Crippen molar-refractivity contribution in [2.45, 2.75) is 31.8 Å². The number of amides is 1. The molecule has 3 aromatic rings. The molecule has 31 heavy (non-hydrogen) atoms. The summed E-state index contributed by atoms with van der Waals surface area (Å²) >= 11 is 12.6. The van der Waals surface area contributed by atoms with Crippen LogP contribution >= 0.6 is 40.2 Å². The summed E-state index contributed by atoms with van der Waals surface area (Å²) in [6.45, 7) is 1.88. The molecule has 2 aromatic carbocycles. The van der Waals surface area contributed by atoms with Gasteiger partial charge in [-0.25, -0.2) is 0 Å². The topological polar surface area (TPSA) is 58.4 Å². The van der Waals surface area contributed by atoms with E-state index in [-0.39, 0.29) is 48.0 Å². The molecule has 0 saturated heterocycles. The first-order valence-electron chi connectivity index (χ1n) is 9.86. The van der Waals surface area contributed by atoms with Crippen LogP contribution in [0, 0.1) is 0 Å². The van der Waals surface area contributed by atoms with Crippen molar-refractivity contribution in [1.82, 2.24) is 14.7 Å². The zero-order valence-electron chi connectivity index (χ0n) is 17.3. The molecule has 8 heteroatoms. The Kier molecular flexibility index (Phi) is 7.47. The Morgan fingerprint density at radius 1 is 1.19 bits per heavy atom. The zero-order chi connectivity index (χ0) is 21.4. The standard InChI is InChI=1S/C23H23Cl2N3O2.BrH/c1-14-17-5-3-6-18(15-11-26-27(2)12-15)19(17)9-16(13-29)28(14)23(30)10-20-21(24)7-4-8-22(20)25;/h3-8,11-12,14,16,29H,9-10,13H2,1-2H3;1H/t14-,16+;/m0./s1. The van der Waals surface area contributed by atoms with Crippen LogP contribution in [-0.2, 0) is 24.7 Å². The maximum Gasteiger partial charge on any atom is 0.227 e. The predicted molar refractivity (Wildman–Crippen MR) is 129 cm³/mol. The molecule has 5 nitrogen and oxygen atoms in total. The van der Waals surface area contributed by atoms with Crippen molar-refractivity contribution in [1.29, 1.82) is 0 Å². The molecule has 0 saturated carbocycles. The number of nitrogens with zero attached hydrogens (tertiary/aromatic N) is 3. The van der Waals surface area contributed by atoms with Crippen LogP contribution in [0.3, 0.4) is 0 Å². The summed E-state index contributed by atoms with van der Waals surface area (Å²) in [5.41, 5.74) is 4.97. The molecule has 4 rings (SSSR count). The smallest absolute Gasteiger partial charge is 0.227 e. The highest BCUT2D eigenvalue weighted by Crippen LogP contribution is 2.39. The molecule has 1 aromatic heterocycles. The molecular formula is C23H24BrCl2N3O2. The average molecular weight is 525 g/mol. The fraction of sp³-hybridized carbons (Fsp3) is 0.304. The predicted octanol–water partition coefficient (Wildman–Crippen LogP) is 5.02. The monoisotopic (exact) mass is 523 g/mol. The van der Waals surface area contributed by atoms with Crippen molar-refractivity contribution in [3.05, 3.63) is 75.5 Å². The Morgan fingerprint density at radius 2 is 1.87 bits per heavy atom. The Bertz CT molecular complexity index is 1080. The van der Waals surface area contributed by atoms with Gasteiger partial charge >= 0.3 is 0 Å². The molecule has 0 radical (unpaired) electrons. The molecule has 0 unspecified atom stereocenters.